The van der Waals surface area contributed by atoms with E-state index in [2.05, 4.69) is 19.9 Å². The summed E-state index contributed by atoms with van der Waals surface area (Å²) in [6, 6.07) is 5.70. The summed E-state index contributed by atoms with van der Waals surface area (Å²) in [5.74, 6) is 1.04. The Morgan fingerprint density at radius 2 is 1.80 bits per heavy atom. The molecule has 1 amide bonds. The fraction of sp³-hybridized carbons (Fsp3) is 0.474. The van der Waals surface area contributed by atoms with E-state index in [9.17, 15) is 4.79 Å². The zero-order valence-corrected chi connectivity index (χ0v) is 14.3. The molecule has 4 heterocycles. The monoisotopic (exact) mass is 337 g/mol. The van der Waals surface area contributed by atoms with Crippen LogP contribution in [-0.4, -0.2) is 51.9 Å². The second kappa shape index (κ2) is 6.78. The first kappa shape index (κ1) is 16.0. The first-order valence-electron chi connectivity index (χ1n) is 8.93. The lowest BCUT2D eigenvalue weighted by Crippen LogP contribution is -2.43. The van der Waals surface area contributed by atoms with Gasteiger partial charge in [-0.05, 0) is 42.4 Å². The first-order chi connectivity index (χ1) is 12.2. The molecule has 1 spiro atoms. The zero-order chi connectivity index (χ0) is 17.1. The number of nitrogens with zero attached hydrogens (tertiary/aromatic N) is 5. The van der Waals surface area contributed by atoms with Gasteiger partial charge in [-0.25, -0.2) is 9.97 Å². The molecule has 2 aromatic rings. The molecule has 2 fully saturated rings. The topological polar surface area (TPSA) is 62.2 Å². The quantitative estimate of drug-likeness (QED) is 0.856. The van der Waals surface area contributed by atoms with Crippen LogP contribution in [0.5, 0.6) is 0 Å². The van der Waals surface area contributed by atoms with Crippen LogP contribution in [0.15, 0.2) is 43.0 Å². The lowest BCUT2D eigenvalue weighted by atomic mass is 9.78. The summed E-state index contributed by atoms with van der Waals surface area (Å²) >= 11 is 0. The zero-order valence-electron chi connectivity index (χ0n) is 14.3. The van der Waals surface area contributed by atoms with Gasteiger partial charge in [-0.15, -0.1) is 0 Å². The largest absolute Gasteiger partial charge is 0.342 e. The van der Waals surface area contributed by atoms with Crippen LogP contribution in [0.4, 0.5) is 5.95 Å². The van der Waals surface area contributed by atoms with E-state index in [-0.39, 0.29) is 11.3 Å². The molecule has 2 saturated heterocycles. The van der Waals surface area contributed by atoms with Crippen molar-refractivity contribution in [3.05, 3.63) is 48.5 Å². The van der Waals surface area contributed by atoms with E-state index in [0.717, 1.165) is 57.0 Å². The molecule has 2 aromatic heterocycles. The molecule has 0 radical (unpaired) electrons. The molecule has 6 nitrogen and oxygen atoms in total. The van der Waals surface area contributed by atoms with E-state index < -0.39 is 0 Å². The SMILES string of the molecule is O=C(Cc1cccnc1)N1CCC2(CCN(c3ncccn3)CC2)C1. The minimum Gasteiger partial charge on any atom is -0.342 e. The van der Waals surface area contributed by atoms with Crippen molar-refractivity contribution < 1.29 is 4.79 Å². The maximum Gasteiger partial charge on any atom is 0.227 e. The Balaban J connectivity index is 1.34. The number of carbonyl (C=O) groups excluding carboxylic acids is 1. The lowest BCUT2D eigenvalue weighted by Gasteiger charge is -2.39. The number of amides is 1. The molecule has 130 valence electrons. The minimum atomic E-state index is 0.221. The van der Waals surface area contributed by atoms with Crippen LogP contribution in [0.3, 0.4) is 0 Å². The standard InChI is InChI=1S/C19H23N5O/c25-17(13-16-3-1-7-20-14-16)24-12-6-19(15-24)4-10-23(11-5-19)18-21-8-2-9-22-18/h1-3,7-9,14H,4-6,10-13,15H2. The van der Waals surface area contributed by atoms with Gasteiger partial charge in [-0.3, -0.25) is 9.78 Å². The highest BCUT2D eigenvalue weighted by Gasteiger charge is 2.42. The molecule has 0 aliphatic carbocycles. The highest BCUT2D eigenvalue weighted by Crippen LogP contribution is 2.41. The lowest BCUT2D eigenvalue weighted by molar-refractivity contribution is -0.129. The number of pyridine rings is 1. The number of likely N-dealkylation sites (tertiary alicyclic amines) is 1. The summed E-state index contributed by atoms with van der Waals surface area (Å²) in [5.41, 5.74) is 1.26. The molecule has 6 heteroatoms. The summed E-state index contributed by atoms with van der Waals surface area (Å²) in [5, 5.41) is 0. The minimum absolute atomic E-state index is 0.221. The van der Waals surface area contributed by atoms with Crippen LogP contribution < -0.4 is 4.90 Å². The Hall–Kier alpha value is -2.50. The van der Waals surface area contributed by atoms with Crippen molar-refractivity contribution in [3.8, 4) is 0 Å². The van der Waals surface area contributed by atoms with E-state index in [1.807, 2.05) is 23.1 Å². The van der Waals surface area contributed by atoms with Crippen LogP contribution in [0.2, 0.25) is 0 Å². The second-order valence-corrected chi connectivity index (χ2v) is 7.14. The van der Waals surface area contributed by atoms with E-state index in [1.54, 1.807) is 24.8 Å². The van der Waals surface area contributed by atoms with Crippen molar-refractivity contribution in [1.82, 2.24) is 19.9 Å². The Labute approximate surface area is 147 Å². The van der Waals surface area contributed by atoms with E-state index in [4.69, 9.17) is 0 Å². The van der Waals surface area contributed by atoms with Crippen molar-refractivity contribution in [2.75, 3.05) is 31.1 Å². The molecule has 2 aliphatic rings. The molecule has 25 heavy (non-hydrogen) atoms. The van der Waals surface area contributed by atoms with Gasteiger partial charge in [0.25, 0.3) is 0 Å². The van der Waals surface area contributed by atoms with Crippen molar-refractivity contribution in [1.29, 1.82) is 0 Å². The third-order valence-electron chi connectivity index (χ3n) is 5.53. The van der Waals surface area contributed by atoms with Crippen molar-refractivity contribution in [2.45, 2.75) is 25.7 Å². The number of rotatable bonds is 3. The fourth-order valence-electron chi connectivity index (χ4n) is 3.98. The summed E-state index contributed by atoms with van der Waals surface area (Å²) in [6.07, 6.45) is 10.9. The number of anilines is 1. The molecule has 2 aliphatic heterocycles. The Morgan fingerprint density at radius 3 is 2.52 bits per heavy atom. The van der Waals surface area contributed by atoms with Gasteiger partial charge in [0.1, 0.15) is 0 Å². The number of aromatic nitrogens is 3. The van der Waals surface area contributed by atoms with Gasteiger partial charge in [0.2, 0.25) is 11.9 Å². The summed E-state index contributed by atoms with van der Waals surface area (Å²) in [4.78, 5) is 29.7. The van der Waals surface area contributed by atoms with Gasteiger partial charge >= 0.3 is 0 Å². The molecule has 0 aromatic carbocycles. The van der Waals surface area contributed by atoms with Gasteiger partial charge in [-0.2, -0.15) is 0 Å². The second-order valence-electron chi connectivity index (χ2n) is 7.14. The Kier molecular flexibility index (Phi) is 4.34. The first-order valence-corrected chi connectivity index (χ1v) is 8.93. The van der Waals surface area contributed by atoms with Gasteiger partial charge in [0.05, 0.1) is 6.42 Å². The maximum absolute atomic E-state index is 12.6. The van der Waals surface area contributed by atoms with Gasteiger partial charge < -0.3 is 9.80 Å². The van der Waals surface area contributed by atoms with Crippen LogP contribution >= 0.6 is 0 Å². The Morgan fingerprint density at radius 1 is 1.04 bits per heavy atom. The third kappa shape index (κ3) is 3.48. The number of hydrogen-bond donors (Lipinski definition) is 0. The highest BCUT2D eigenvalue weighted by molar-refractivity contribution is 5.79. The molecular formula is C19H23N5O. The molecule has 0 bridgehead atoms. The molecule has 0 N–H and O–H groups in total. The Bertz CT molecular complexity index is 713. The van der Waals surface area contributed by atoms with E-state index in [1.165, 1.54) is 0 Å². The molecule has 0 atom stereocenters. The van der Waals surface area contributed by atoms with Crippen molar-refractivity contribution in [2.24, 2.45) is 5.41 Å². The summed E-state index contributed by atoms with van der Waals surface area (Å²) < 4.78 is 0. The van der Waals surface area contributed by atoms with Crippen LogP contribution in [-0.2, 0) is 11.2 Å². The average molecular weight is 337 g/mol. The highest BCUT2D eigenvalue weighted by atomic mass is 16.2. The predicted octanol–water partition coefficient (Wildman–Crippen LogP) is 1.93. The smallest absolute Gasteiger partial charge is 0.227 e. The number of piperidine rings is 1. The summed E-state index contributed by atoms with van der Waals surface area (Å²) in [6.45, 7) is 3.69. The van der Waals surface area contributed by atoms with Crippen LogP contribution in [0, 0.1) is 5.41 Å². The van der Waals surface area contributed by atoms with E-state index >= 15 is 0 Å². The normalized spacial score (nSPS) is 19.4. The average Bonchev–Trinajstić information content (AvgIpc) is 3.08. The fourth-order valence-corrected chi connectivity index (χ4v) is 3.98. The molecular weight excluding hydrogens is 314 g/mol. The van der Waals surface area contributed by atoms with Gasteiger partial charge in [0, 0.05) is 51.0 Å². The number of hydrogen-bond acceptors (Lipinski definition) is 5. The summed E-state index contributed by atoms with van der Waals surface area (Å²) in [7, 11) is 0. The molecule has 0 saturated carbocycles. The van der Waals surface area contributed by atoms with E-state index in [0.29, 0.717) is 6.42 Å². The maximum atomic E-state index is 12.6. The van der Waals surface area contributed by atoms with Crippen LogP contribution in [0.1, 0.15) is 24.8 Å². The molecule has 4 rings (SSSR count). The predicted molar refractivity (Wildman–Crippen MR) is 95.1 cm³/mol. The van der Waals surface area contributed by atoms with Gasteiger partial charge in [-0.1, -0.05) is 6.07 Å². The third-order valence-corrected chi connectivity index (χ3v) is 5.53. The van der Waals surface area contributed by atoms with Crippen molar-refractivity contribution in [3.63, 3.8) is 0 Å². The van der Waals surface area contributed by atoms with Gasteiger partial charge in [0.15, 0.2) is 0 Å². The van der Waals surface area contributed by atoms with Crippen LogP contribution in [0.25, 0.3) is 0 Å². The number of carbonyl (C=O) groups is 1. The van der Waals surface area contributed by atoms with Crippen molar-refractivity contribution >= 4 is 11.9 Å². The molecule has 0 unspecified atom stereocenters.